The van der Waals surface area contributed by atoms with Crippen LogP contribution in [0, 0.1) is 11.6 Å². The molecule has 0 aliphatic heterocycles. The van der Waals surface area contributed by atoms with Crippen molar-refractivity contribution >= 4 is 23.4 Å². The van der Waals surface area contributed by atoms with Crippen LogP contribution in [0.3, 0.4) is 0 Å². The number of carbonyl (C=O) groups excluding carboxylic acids is 1. The number of halogens is 2. The number of anilines is 1. The SMILES string of the molecule is CCN(C(=O)CSc1nnc(-c2ccccc2F)n1C)c1ccc(F)cc1. The van der Waals surface area contributed by atoms with Gasteiger partial charge in [0.25, 0.3) is 0 Å². The molecule has 0 atom stereocenters. The molecule has 0 aliphatic rings. The molecule has 5 nitrogen and oxygen atoms in total. The Labute approximate surface area is 160 Å². The van der Waals surface area contributed by atoms with Gasteiger partial charge in [-0.3, -0.25) is 4.79 Å². The van der Waals surface area contributed by atoms with Gasteiger partial charge in [-0.05, 0) is 43.3 Å². The number of carbonyl (C=O) groups is 1. The molecule has 8 heteroatoms. The molecule has 1 aromatic heterocycles. The zero-order chi connectivity index (χ0) is 19.4. The summed E-state index contributed by atoms with van der Waals surface area (Å²) < 4.78 is 28.7. The molecule has 0 saturated heterocycles. The molecule has 0 aliphatic carbocycles. The molecule has 0 radical (unpaired) electrons. The van der Waals surface area contributed by atoms with E-state index in [1.54, 1.807) is 46.8 Å². The lowest BCUT2D eigenvalue weighted by atomic mass is 10.2. The number of rotatable bonds is 6. The summed E-state index contributed by atoms with van der Waals surface area (Å²) in [5, 5.41) is 8.62. The molecule has 0 spiro atoms. The van der Waals surface area contributed by atoms with Crippen LogP contribution in [0.1, 0.15) is 6.92 Å². The summed E-state index contributed by atoms with van der Waals surface area (Å²) in [6.07, 6.45) is 0. The van der Waals surface area contributed by atoms with E-state index in [0.717, 1.165) is 0 Å². The molecule has 2 aromatic carbocycles. The molecule has 0 unspecified atom stereocenters. The quantitative estimate of drug-likeness (QED) is 0.601. The normalized spacial score (nSPS) is 10.8. The molecule has 3 rings (SSSR count). The molecule has 1 heterocycles. The van der Waals surface area contributed by atoms with E-state index in [0.29, 0.717) is 28.8 Å². The Morgan fingerprint density at radius 3 is 2.48 bits per heavy atom. The summed E-state index contributed by atoms with van der Waals surface area (Å²) in [7, 11) is 1.73. The van der Waals surface area contributed by atoms with Gasteiger partial charge in [0.1, 0.15) is 11.6 Å². The van der Waals surface area contributed by atoms with E-state index in [1.165, 1.54) is 30.0 Å². The Bertz CT molecular complexity index is 943. The van der Waals surface area contributed by atoms with Gasteiger partial charge in [0, 0.05) is 19.3 Å². The van der Waals surface area contributed by atoms with Gasteiger partial charge in [-0.1, -0.05) is 23.9 Å². The van der Waals surface area contributed by atoms with E-state index in [2.05, 4.69) is 10.2 Å². The first-order valence-electron chi connectivity index (χ1n) is 8.34. The minimum atomic E-state index is -0.380. The predicted molar refractivity (Wildman–Crippen MR) is 102 cm³/mol. The van der Waals surface area contributed by atoms with Crippen LogP contribution in [-0.4, -0.2) is 33.0 Å². The van der Waals surface area contributed by atoms with Crippen molar-refractivity contribution in [2.75, 3.05) is 17.2 Å². The fourth-order valence-corrected chi connectivity index (χ4v) is 3.43. The third-order valence-corrected chi connectivity index (χ3v) is 5.03. The molecule has 1 amide bonds. The van der Waals surface area contributed by atoms with Crippen LogP contribution in [-0.2, 0) is 11.8 Å². The standard InChI is InChI=1S/C19H18F2N4OS/c1-3-25(14-10-8-13(20)9-11-14)17(26)12-27-19-23-22-18(24(19)2)15-6-4-5-7-16(15)21/h4-11H,3,12H2,1-2H3. The summed E-state index contributed by atoms with van der Waals surface area (Å²) >= 11 is 1.22. The van der Waals surface area contributed by atoms with Gasteiger partial charge >= 0.3 is 0 Å². The van der Waals surface area contributed by atoms with Crippen LogP contribution >= 0.6 is 11.8 Å². The highest BCUT2D eigenvalue weighted by Crippen LogP contribution is 2.25. The first-order valence-corrected chi connectivity index (χ1v) is 9.32. The van der Waals surface area contributed by atoms with Crippen LogP contribution in [0.2, 0.25) is 0 Å². The van der Waals surface area contributed by atoms with Crippen LogP contribution in [0.4, 0.5) is 14.5 Å². The summed E-state index contributed by atoms with van der Waals surface area (Å²) in [6.45, 7) is 2.31. The zero-order valence-corrected chi connectivity index (χ0v) is 15.7. The zero-order valence-electron chi connectivity index (χ0n) is 14.9. The van der Waals surface area contributed by atoms with Crippen molar-refractivity contribution in [3.63, 3.8) is 0 Å². The topological polar surface area (TPSA) is 51.0 Å². The van der Waals surface area contributed by atoms with Crippen molar-refractivity contribution in [2.45, 2.75) is 12.1 Å². The fourth-order valence-electron chi connectivity index (χ4n) is 2.65. The lowest BCUT2D eigenvalue weighted by molar-refractivity contribution is -0.116. The van der Waals surface area contributed by atoms with Crippen molar-refractivity contribution in [3.05, 3.63) is 60.2 Å². The van der Waals surface area contributed by atoms with Crippen molar-refractivity contribution < 1.29 is 13.6 Å². The molecule has 3 aromatic rings. The van der Waals surface area contributed by atoms with Gasteiger partial charge in [0.15, 0.2) is 11.0 Å². The number of hydrogen-bond acceptors (Lipinski definition) is 4. The predicted octanol–water partition coefficient (Wildman–Crippen LogP) is 3.91. The minimum absolute atomic E-state index is 0.133. The van der Waals surface area contributed by atoms with Crippen LogP contribution in [0.15, 0.2) is 53.7 Å². The number of thioether (sulfide) groups is 1. The second-order valence-corrected chi connectivity index (χ2v) is 6.69. The van der Waals surface area contributed by atoms with E-state index in [4.69, 9.17) is 0 Å². The van der Waals surface area contributed by atoms with Crippen LogP contribution in [0.25, 0.3) is 11.4 Å². The largest absolute Gasteiger partial charge is 0.312 e. The molecular formula is C19H18F2N4OS. The first-order chi connectivity index (χ1) is 13.0. The maximum absolute atomic E-state index is 14.0. The molecule has 140 valence electrons. The van der Waals surface area contributed by atoms with Gasteiger partial charge in [0.05, 0.1) is 11.3 Å². The summed E-state index contributed by atoms with van der Waals surface area (Å²) in [5.41, 5.74) is 0.988. The van der Waals surface area contributed by atoms with Crippen molar-refractivity contribution in [2.24, 2.45) is 7.05 Å². The van der Waals surface area contributed by atoms with Gasteiger partial charge in [-0.2, -0.15) is 0 Å². The Kier molecular flexibility index (Phi) is 5.85. The number of benzene rings is 2. The van der Waals surface area contributed by atoms with E-state index < -0.39 is 0 Å². The highest BCUT2D eigenvalue weighted by Gasteiger charge is 2.18. The molecule has 0 bridgehead atoms. The fraction of sp³-hybridized carbons (Fsp3) is 0.211. The van der Waals surface area contributed by atoms with Crippen molar-refractivity contribution in [3.8, 4) is 11.4 Å². The van der Waals surface area contributed by atoms with E-state index in [-0.39, 0.29) is 23.3 Å². The summed E-state index contributed by atoms with van der Waals surface area (Å²) in [4.78, 5) is 14.1. The van der Waals surface area contributed by atoms with E-state index in [1.807, 2.05) is 6.92 Å². The monoisotopic (exact) mass is 388 g/mol. The average Bonchev–Trinajstić information content (AvgIpc) is 3.03. The van der Waals surface area contributed by atoms with E-state index in [9.17, 15) is 13.6 Å². The lowest BCUT2D eigenvalue weighted by Gasteiger charge is -2.20. The van der Waals surface area contributed by atoms with Crippen LogP contribution in [0.5, 0.6) is 0 Å². The Morgan fingerprint density at radius 1 is 1.11 bits per heavy atom. The van der Waals surface area contributed by atoms with Gasteiger partial charge in [-0.25, -0.2) is 8.78 Å². The third kappa shape index (κ3) is 4.16. The second kappa shape index (κ2) is 8.30. The number of hydrogen-bond donors (Lipinski definition) is 0. The second-order valence-electron chi connectivity index (χ2n) is 5.75. The number of aromatic nitrogens is 3. The smallest absolute Gasteiger partial charge is 0.237 e. The Morgan fingerprint density at radius 2 is 1.81 bits per heavy atom. The Balaban J connectivity index is 1.72. The molecule has 0 saturated carbocycles. The Hall–Kier alpha value is -2.74. The molecule has 27 heavy (non-hydrogen) atoms. The van der Waals surface area contributed by atoms with Gasteiger partial charge < -0.3 is 9.47 Å². The van der Waals surface area contributed by atoms with E-state index >= 15 is 0 Å². The summed E-state index contributed by atoms with van der Waals surface area (Å²) in [6, 6.07) is 12.1. The number of nitrogens with zero attached hydrogens (tertiary/aromatic N) is 4. The highest BCUT2D eigenvalue weighted by molar-refractivity contribution is 7.99. The first kappa shape index (κ1) is 19.0. The number of amides is 1. The maximum atomic E-state index is 14.0. The third-order valence-electron chi connectivity index (χ3n) is 4.03. The van der Waals surface area contributed by atoms with Crippen molar-refractivity contribution in [1.29, 1.82) is 0 Å². The lowest BCUT2D eigenvalue weighted by Crippen LogP contribution is -2.32. The molecule has 0 fully saturated rings. The highest BCUT2D eigenvalue weighted by atomic mass is 32.2. The average molecular weight is 388 g/mol. The summed E-state index contributed by atoms with van der Waals surface area (Å²) in [5.74, 6) is -0.335. The maximum Gasteiger partial charge on any atom is 0.237 e. The van der Waals surface area contributed by atoms with Crippen LogP contribution < -0.4 is 4.90 Å². The molecular weight excluding hydrogens is 370 g/mol. The minimum Gasteiger partial charge on any atom is -0.312 e. The van der Waals surface area contributed by atoms with Gasteiger partial charge in [-0.15, -0.1) is 10.2 Å². The van der Waals surface area contributed by atoms with Gasteiger partial charge in [0.2, 0.25) is 5.91 Å². The van der Waals surface area contributed by atoms with Crippen molar-refractivity contribution in [1.82, 2.24) is 14.8 Å². The molecule has 0 N–H and O–H groups in total.